The summed E-state index contributed by atoms with van der Waals surface area (Å²) in [5.41, 5.74) is 4.09. The molecule has 26 heavy (non-hydrogen) atoms. The molecule has 0 saturated carbocycles. The second kappa shape index (κ2) is 9.09. The maximum absolute atomic E-state index is 12.4. The van der Waals surface area contributed by atoms with Crippen LogP contribution in [0.3, 0.4) is 0 Å². The number of carbonyl (C=O) groups excluding carboxylic acids is 1. The van der Waals surface area contributed by atoms with Gasteiger partial charge in [-0.15, -0.1) is 0 Å². The van der Waals surface area contributed by atoms with Gasteiger partial charge in [0.2, 0.25) is 10.0 Å². The molecule has 140 valence electrons. The number of amides is 1. The standard InChI is InChI=1S/C19H24N2O3S2/c1-14-7-4-5-8-16(14)13-25-12-11-20-19(22)17-9-6-10-18(15(17)2)21-26(3,23)24/h4-10,21H,11-13H2,1-3H3,(H,20,22). The molecule has 0 aliphatic carbocycles. The van der Waals surface area contributed by atoms with Gasteiger partial charge >= 0.3 is 0 Å². The van der Waals surface area contributed by atoms with Gasteiger partial charge in [0.05, 0.1) is 11.9 Å². The van der Waals surface area contributed by atoms with E-state index in [1.807, 2.05) is 12.1 Å². The molecule has 1 amide bonds. The maximum atomic E-state index is 12.4. The Labute approximate surface area is 159 Å². The van der Waals surface area contributed by atoms with Gasteiger partial charge in [-0.25, -0.2) is 8.42 Å². The number of benzene rings is 2. The molecular weight excluding hydrogens is 368 g/mol. The van der Waals surface area contributed by atoms with Gasteiger partial charge in [0, 0.05) is 23.6 Å². The van der Waals surface area contributed by atoms with Crippen molar-refractivity contribution in [3.05, 3.63) is 64.7 Å². The molecule has 0 fully saturated rings. The molecule has 0 aliphatic rings. The van der Waals surface area contributed by atoms with Crippen molar-refractivity contribution < 1.29 is 13.2 Å². The first-order valence-electron chi connectivity index (χ1n) is 8.26. The summed E-state index contributed by atoms with van der Waals surface area (Å²) in [7, 11) is -3.38. The minimum Gasteiger partial charge on any atom is -0.351 e. The van der Waals surface area contributed by atoms with Crippen molar-refractivity contribution in [1.82, 2.24) is 5.32 Å². The second-order valence-corrected chi connectivity index (χ2v) is 8.94. The van der Waals surface area contributed by atoms with Crippen LogP contribution in [-0.2, 0) is 15.8 Å². The number of aryl methyl sites for hydroxylation is 1. The Hall–Kier alpha value is -1.99. The van der Waals surface area contributed by atoms with Gasteiger partial charge in [-0.05, 0) is 42.7 Å². The van der Waals surface area contributed by atoms with Crippen LogP contribution in [0.2, 0.25) is 0 Å². The molecule has 2 aromatic carbocycles. The fourth-order valence-electron chi connectivity index (χ4n) is 2.48. The van der Waals surface area contributed by atoms with E-state index >= 15 is 0 Å². The van der Waals surface area contributed by atoms with Gasteiger partial charge < -0.3 is 5.32 Å². The molecule has 0 spiro atoms. The predicted molar refractivity (Wildman–Crippen MR) is 109 cm³/mol. The molecular formula is C19H24N2O3S2. The van der Waals surface area contributed by atoms with E-state index in [4.69, 9.17) is 0 Å². The van der Waals surface area contributed by atoms with Gasteiger partial charge in [-0.1, -0.05) is 30.3 Å². The zero-order chi connectivity index (χ0) is 19.2. The average Bonchev–Trinajstić information content (AvgIpc) is 2.56. The Kier molecular flexibility index (Phi) is 7.11. The van der Waals surface area contributed by atoms with Crippen LogP contribution in [0, 0.1) is 13.8 Å². The molecule has 0 radical (unpaired) electrons. The monoisotopic (exact) mass is 392 g/mol. The zero-order valence-corrected chi connectivity index (χ0v) is 16.8. The number of carbonyl (C=O) groups is 1. The summed E-state index contributed by atoms with van der Waals surface area (Å²) in [5.74, 6) is 1.52. The van der Waals surface area contributed by atoms with E-state index in [0.29, 0.717) is 23.4 Å². The molecule has 7 heteroatoms. The molecule has 2 N–H and O–H groups in total. The van der Waals surface area contributed by atoms with Crippen LogP contribution >= 0.6 is 11.8 Å². The molecule has 2 aromatic rings. The Morgan fingerprint density at radius 1 is 1.08 bits per heavy atom. The third-order valence-corrected chi connectivity index (χ3v) is 5.52. The fraction of sp³-hybridized carbons (Fsp3) is 0.316. The lowest BCUT2D eigenvalue weighted by atomic mass is 10.1. The summed E-state index contributed by atoms with van der Waals surface area (Å²) in [6.45, 7) is 4.38. The Morgan fingerprint density at radius 3 is 2.50 bits per heavy atom. The molecule has 0 aliphatic heterocycles. The summed E-state index contributed by atoms with van der Waals surface area (Å²) in [6, 6.07) is 13.3. The Balaban J connectivity index is 1.86. The quantitative estimate of drug-likeness (QED) is 0.676. The molecule has 0 unspecified atom stereocenters. The van der Waals surface area contributed by atoms with E-state index in [2.05, 4.69) is 29.1 Å². The van der Waals surface area contributed by atoms with Crippen LogP contribution in [0.25, 0.3) is 0 Å². The highest BCUT2D eigenvalue weighted by atomic mass is 32.2. The minimum absolute atomic E-state index is 0.198. The van der Waals surface area contributed by atoms with Crippen molar-refractivity contribution in [2.24, 2.45) is 0 Å². The van der Waals surface area contributed by atoms with Crippen molar-refractivity contribution in [3.63, 3.8) is 0 Å². The van der Waals surface area contributed by atoms with E-state index in [0.717, 1.165) is 17.8 Å². The van der Waals surface area contributed by atoms with Crippen LogP contribution < -0.4 is 10.0 Å². The zero-order valence-electron chi connectivity index (χ0n) is 15.2. The fourth-order valence-corrected chi connectivity index (χ4v) is 4.03. The van der Waals surface area contributed by atoms with Crippen molar-refractivity contribution >= 4 is 33.4 Å². The molecule has 2 rings (SSSR count). The third-order valence-electron chi connectivity index (χ3n) is 3.92. The summed E-state index contributed by atoms with van der Waals surface area (Å²) in [5, 5.41) is 2.89. The van der Waals surface area contributed by atoms with E-state index < -0.39 is 10.0 Å². The van der Waals surface area contributed by atoms with Gasteiger partial charge in [-0.3, -0.25) is 9.52 Å². The molecule has 5 nitrogen and oxygen atoms in total. The molecule has 0 heterocycles. The van der Waals surface area contributed by atoms with Crippen LogP contribution in [0.4, 0.5) is 5.69 Å². The average molecular weight is 393 g/mol. The molecule has 0 atom stereocenters. The highest BCUT2D eigenvalue weighted by Crippen LogP contribution is 2.20. The number of hydrogen-bond acceptors (Lipinski definition) is 4. The summed E-state index contributed by atoms with van der Waals surface area (Å²) >= 11 is 1.77. The number of thioether (sulfide) groups is 1. The summed E-state index contributed by atoms with van der Waals surface area (Å²) < 4.78 is 25.2. The second-order valence-electron chi connectivity index (χ2n) is 6.09. The smallest absolute Gasteiger partial charge is 0.251 e. The maximum Gasteiger partial charge on any atom is 0.251 e. The van der Waals surface area contributed by atoms with Gasteiger partial charge in [0.1, 0.15) is 0 Å². The van der Waals surface area contributed by atoms with E-state index in [1.165, 1.54) is 11.1 Å². The van der Waals surface area contributed by atoms with E-state index in [9.17, 15) is 13.2 Å². The lowest BCUT2D eigenvalue weighted by molar-refractivity contribution is 0.0955. The van der Waals surface area contributed by atoms with Crippen LogP contribution in [0.1, 0.15) is 27.0 Å². The van der Waals surface area contributed by atoms with Crippen LogP contribution in [0.15, 0.2) is 42.5 Å². The van der Waals surface area contributed by atoms with Gasteiger partial charge in [-0.2, -0.15) is 11.8 Å². The number of hydrogen-bond donors (Lipinski definition) is 2. The van der Waals surface area contributed by atoms with Gasteiger partial charge in [0.15, 0.2) is 0 Å². The number of sulfonamides is 1. The van der Waals surface area contributed by atoms with Crippen LogP contribution in [-0.4, -0.2) is 32.9 Å². The molecule has 0 bridgehead atoms. The lowest BCUT2D eigenvalue weighted by Gasteiger charge is -2.12. The van der Waals surface area contributed by atoms with Crippen LogP contribution in [0.5, 0.6) is 0 Å². The molecule has 0 aromatic heterocycles. The number of rotatable bonds is 8. The highest BCUT2D eigenvalue weighted by Gasteiger charge is 2.13. The van der Waals surface area contributed by atoms with Gasteiger partial charge in [0.25, 0.3) is 5.91 Å². The predicted octanol–water partition coefficient (Wildman–Crippen LogP) is 3.34. The largest absolute Gasteiger partial charge is 0.351 e. The third kappa shape index (κ3) is 6.07. The first-order valence-corrected chi connectivity index (χ1v) is 11.3. The van der Waals surface area contributed by atoms with E-state index in [-0.39, 0.29) is 5.91 Å². The SMILES string of the molecule is Cc1ccccc1CSCCNC(=O)c1cccc(NS(C)(=O)=O)c1C. The normalized spacial score (nSPS) is 11.2. The van der Waals surface area contributed by atoms with E-state index in [1.54, 1.807) is 36.9 Å². The topological polar surface area (TPSA) is 75.3 Å². The van der Waals surface area contributed by atoms with Crippen molar-refractivity contribution in [2.75, 3.05) is 23.3 Å². The minimum atomic E-state index is -3.38. The first-order chi connectivity index (χ1) is 12.3. The van der Waals surface area contributed by atoms with Crippen molar-refractivity contribution in [2.45, 2.75) is 19.6 Å². The highest BCUT2D eigenvalue weighted by molar-refractivity contribution is 7.98. The number of nitrogens with one attached hydrogen (secondary N) is 2. The van der Waals surface area contributed by atoms with Crippen molar-refractivity contribution in [1.29, 1.82) is 0 Å². The summed E-state index contributed by atoms with van der Waals surface area (Å²) in [4.78, 5) is 12.4. The lowest BCUT2D eigenvalue weighted by Crippen LogP contribution is -2.26. The molecule has 0 saturated heterocycles. The Morgan fingerprint density at radius 2 is 1.81 bits per heavy atom. The summed E-state index contributed by atoms with van der Waals surface area (Å²) in [6.07, 6.45) is 1.09. The van der Waals surface area contributed by atoms with Crippen molar-refractivity contribution in [3.8, 4) is 0 Å². The first kappa shape index (κ1) is 20.3. The number of anilines is 1. The Bertz CT molecular complexity index is 880.